The molecular weight excluding hydrogens is 344 g/mol. The van der Waals surface area contributed by atoms with Crippen LogP contribution in [0.15, 0.2) is 33.5 Å². The van der Waals surface area contributed by atoms with E-state index in [9.17, 15) is 14.4 Å². The first kappa shape index (κ1) is 18.0. The van der Waals surface area contributed by atoms with Crippen molar-refractivity contribution in [3.8, 4) is 0 Å². The van der Waals surface area contributed by atoms with Crippen LogP contribution in [0.1, 0.15) is 44.6 Å². The Morgan fingerprint density at radius 2 is 2.04 bits per heavy atom. The highest BCUT2D eigenvalue weighted by molar-refractivity contribution is 5.96. The Morgan fingerprint density at radius 1 is 1.30 bits per heavy atom. The zero-order chi connectivity index (χ0) is 19.5. The van der Waals surface area contributed by atoms with E-state index in [0.29, 0.717) is 17.1 Å². The number of hydrogen-bond donors (Lipinski definition) is 0. The molecule has 0 spiro atoms. The zero-order valence-corrected chi connectivity index (χ0v) is 16.2. The molecule has 0 radical (unpaired) electrons. The molecule has 1 saturated heterocycles. The first-order chi connectivity index (χ1) is 12.7. The van der Waals surface area contributed by atoms with Crippen molar-refractivity contribution in [2.75, 3.05) is 0 Å². The average Bonchev–Trinajstić information content (AvgIpc) is 2.90. The number of fused-ring (bicyclic) bond motifs is 2. The number of allylic oxidation sites excluding steroid dienone is 1. The van der Waals surface area contributed by atoms with Crippen molar-refractivity contribution in [3.63, 3.8) is 0 Å². The van der Waals surface area contributed by atoms with Crippen molar-refractivity contribution in [2.24, 2.45) is 31.3 Å². The molecule has 4 atom stereocenters. The molecule has 144 valence electrons. The Bertz CT molecular complexity index is 983. The summed E-state index contributed by atoms with van der Waals surface area (Å²) in [5, 5.41) is 0. The second-order valence-electron chi connectivity index (χ2n) is 8.65. The van der Waals surface area contributed by atoms with E-state index in [4.69, 9.17) is 4.74 Å². The number of hydrogen-bond acceptors (Lipinski definition) is 4. The molecule has 0 unspecified atom stereocenters. The first-order valence-corrected chi connectivity index (χ1v) is 9.58. The van der Waals surface area contributed by atoms with E-state index in [1.165, 1.54) is 23.4 Å². The molecule has 1 aliphatic heterocycles. The maximum Gasteiger partial charge on any atom is 0.334 e. The molecule has 2 aliphatic carbocycles. The summed E-state index contributed by atoms with van der Waals surface area (Å²) in [4.78, 5) is 37.0. The van der Waals surface area contributed by atoms with E-state index in [2.05, 4.69) is 13.5 Å². The summed E-state index contributed by atoms with van der Waals surface area (Å²) >= 11 is 0. The van der Waals surface area contributed by atoms with Gasteiger partial charge in [0.1, 0.15) is 6.10 Å². The van der Waals surface area contributed by atoms with Gasteiger partial charge in [-0.1, -0.05) is 19.1 Å². The molecule has 4 rings (SSSR count). The fourth-order valence-electron chi connectivity index (χ4n) is 5.34. The lowest BCUT2D eigenvalue weighted by molar-refractivity contribution is -0.142. The molecule has 6 nitrogen and oxygen atoms in total. The van der Waals surface area contributed by atoms with Crippen LogP contribution in [0.5, 0.6) is 0 Å². The maximum absolute atomic E-state index is 12.6. The highest BCUT2D eigenvalue weighted by atomic mass is 16.6. The minimum Gasteiger partial charge on any atom is -0.458 e. The van der Waals surface area contributed by atoms with Crippen molar-refractivity contribution in [2.45, 2.75) is 45.1 Å². The number of rotatable bonds is 1. The van der Waals surface area contributed by atoms with Gasteiger partial charge in [-0.25, -0.2) is 9.59 Å². The van der Waals surface area contributed by atoms with Crippen LogP contribution in [0.4, 0.5) is 0 Å². The Hall–Kier alpha value is -2.37. The number of ether oxygens (including phenoxy) is 1. The number of aromatic nitrogens is 2. The van der Waals surface area contributed by atoms with Gasteiger partial charge in [0.15, 0.2) is 0 Å². The molecule has 0 amide bonds. The fourth-order valence-corrected chi connectivity index (χ4v) is 5.34. The van der Waals surface area contributed by atoms with Crippen molar-refractivity contribution < 1.29 is 9.53 Å². The SMILES string of the molecule is C=C1CCC[C@]2(C)C[C@H]3OC(=O)/C(=C/c4cn(C)c(=O)n(C)c4=O)[C@H]3C[C@@H]12. The second-order valence-corrected chi connectivity index (χ2v) is 8.65. The van der Waals surface area contributed by atoms with Crippen molar-refractivity contribution in [1.82, 2.24) is 9.13 Å². The lowest BCUT2D eigenvalue weighted by atomic mass is 9.56. The standard InChI is InChI=1S/C21H26N2O4/c1-12-6-5-7-21(2)10-17-14(9-16(12)21)15(19(25)27-17)8-13-11-22(3)20(26)23(4)18(13)24/h8,11,14,16-17H,1,5-7,9-10H2,2-4H3/b15-8+/t14-,16+,17-,21-/m1/s1. The van der Waals surface area contributed by atoms with Gasteiger partial charge >= 0.3 is 11.7 Å². The molecule has 1 aromatic heterocycles. The number of carbonyl (C=O) groups is 1. The molecular formula is C21H26N2O4. The summed E-state index contributed by atoms with van der Waals surface area (Å²) in [7, 11) is 3.04. The summed E-state index contributed by atoms with van der Waals surface area (Å²) in [6.07, 6.45) is 8.00. The van der Waals surface area contributed by atoms with Crippen molar-refractivity contribution in [1.29, 1.82) is 0 Å². The van der Waals surface area contributed by atoms with Crippen LogP contribution < -0.4 is 11.2 Å². The normalized spacial score (nSPS) is 34.3. The van der Waals surface area contributed by atoms with Crippen LogP contribution in [0, 0.1) is 17.3 Å². The predicted molar refractivity (Wildman–Crippen MR) is 102 cm³/mol. The smallest absolute Gasteiger partial charge is 0.334 e. The second kappa shape index (κ2) is 6.08. The van der Waals surface area contributed by atoms with Crippen LogP contribution >= 0.6 is 0 Å². The van der Waals surface area contributed by atoms with Crippen LogP contribution in [0.3, 0.4) is 0 Å². The molecule has 0 N–H and O–H groups in total. The number of aryl methyl sites for hydroxylation is 1. The van der Waals surface area contributed by atoms with E-state index in [0.717, 1.165) is 36.7 Å². The molecule has 6 heteroatoms. The van der Waals surface area contributed by atoms with E-state index in [-0.39, 0.29) is 29.1 Å². The summed E-state index contributed by atoms with van der Waals surface area (Å²) in [5.74, 6) is 0.0227. The summed E-state index contributed by atoms with van der Waals surface area (Å²) in [6.45, 7) is 6.58. The third-order valence-corrected chi connectivity index (χ3v) is 6.86. The summed E-state index contributed by atoms with van der Waals surface area (Å²) in [5.41, 5.74) is 1.52. The van der Waals surface area contributed by atoms with Crippen LogP contribution in [-0.4, -0.2) is 21.2 Å². The molecule has 3 fully saturated rings. The zero-order valence-electron chi connectivity index (χ0n) is 16.2. The van der Waals surface area contributed by atoms with E-state index >= 15 is 0 Å². The molecule has 27 heavy (non-hydrogen) atoms. The van der Waals surface area contributed by atoms with E-state index in [1.54, 1.807) is 13.1 Å². The third-order valence-electron chi connectivity index (χ3n) is 6.86. The molecule has 0 aromatic carbocycles. The highest BCUT2D eigenvalue weighted by Crippen LogP contribution is 2.56. The van der Waals surface area contributed by atoms with Gasteiger partial charge in [-0.15, -0.1) is 0 Å². The lowest BCUT2D eigenvalue weighted by Gasteiger charge is -2.49. The molecule has 0 bridgehead atoms. The number of carbonyl (C=O) groups excluding carboxylic acids is 1. The number of esters is 1. The monoisotopic (exact) mass is 370 g/mol. The summed E-state index contributed by atoms with van der Waals surface area (Å²) < 4.78 is 8.12. The maximum atomic E-state index is 12.6. The van der Waals surface area contributed by atoms with Crippen molar-refractivity contribution >= 4 is 12.0 Å². The van der Waals surface area contributed by atoms with Gasteiger partial charge in [0, 0.05) is 31.8 Å². The highest BCUT2D eigenvalue weighted by Gasteiger charge is 2.53. The van der Waals surface area contributed by atoms with Crippen molar-refractivity contribution in [3.05, 3.63) is 50.3 Å². The van der Waals surface area contributed by atoms with Gasteiger partial charge in [-0.05, 0) is 49.5 Å². The lowest BCUT2D eigenvalue weighted by Crippen LogP contribution is -2.43. The Labute approximate surface area is 158 Å². The van der Waals surface area contributed by atoms with E-state index in [1.807, 2.05) is 0 Å². The predicted octanol–water partition coefficient (Wildman–Crippen LogP) is 2.17. The molecule has 3 aliphatic rings. The quantitative estimate of drug-likeness (QED) is 0.432. The topological polar surface area (TPSA) is 70.3 Å². The Kier molecular flexibility index (Phi) is 4.05. The summed E-state index contributed by atoms with van der Waals surface area (Å²) in [6, 6.07) is 0. The third kappa shape index (κ3) is 2.73. The molecule has 2 saturated carbocycles. The molecule has 1 aromatic rings. The van der Waals surface area contributed by atoms with Gasteiger partial charge in [0.25, 0.3) is 5.56 Å². The minimum atomic E-state index is -0.399. The fraction of sp³-hybridized carbons (Fsp3) is 0.571. The van der Waals surface area contributed by atoms with Crippen LogP contribution in [0.25, 0.3) is 6.08 Å². The van der Waals surface area contributed by atoms with Crippen LogP contribution in [-0.2, 0) is 23.6 Å². The minimum absolute atomic E-state index is 0.0210. The number of nitrogens with zero attached hydrogens (tertiary/aromatic N) is 2. The first-order valence-electron chi connectivity index (χ1n) is 9.58. The molecule has 2 heterocycles. The van der Waals surface area contributed by atoms with E-state index < -0.39 is 5.56 Å². The van der Waals surface area contributed by atoms with Gasteiger partial charge < -0.3 is 9.30 Å². The average molecular weight is 370 g/mol. The van der Waals surface area contributed by atoms with Gasteiger partial charge in [0.2, 0.25) is 0 Å². The van der Waals surface area contributed by atoms with Gasteiger partial charge in [0.05, 0.1) is 5.56 Å². The van der Waals surface area contributed by atoms with Crippen LogP contribution in [0.2, 0.25) is 0 Å². The Balaban J connectivity index is 1.74. The van der Waals surface area contributed by atoms with Gasteiger partial charge in [-0.3, -0.25) is 9.36 Å². The largest absolute Gasteiger partial charge is 0.458 e. The van der Waals surface area contributed by atoms with Gasteiger partial charge in [-0.2, -0.15) is 0 Å². The Morgan fingerprint density at radius 3 is 2.78 bits per heavy atom.